The van der Waals surface area contributed by atoms with E-state index in [1.165, 1.54) is 0 Å². The van der Waals surface area contributed by atoms with Gasteiger partial charge in [0.1, 0.15) is 0 Å². The first-order valence-corrected chi connectivity index (χ1v) is 6.04. The van der Waals surface area contributed by atoms with Crippen LogP contribution in [0.25, 0.3) is 0 Å². The first-order chi connectivity index (χ1) is 7.58. The van der Waals surface area contributed by atoms with Crippen molar-refractivity contribution in [2.45, 2.75) is 52.1 Å². The molecule has 0 bridgehead atoms. The van der Waals surface area contributed by atoms with E-state index in [-0.39, 0.29) is 0 Å². The zero-order chi connectivity index (χ0) is 12.0. The Labute approximate surface area is 98.2 Å². The Morgan fingerprint density at radius 3 is 0.562 bits per heavy atom. The minimum atomic E-state index is 0.583. The molecule has 0 saturated carbocycles. The van der Waals surface area contributed by atoms with E-state index >= 15 is 0 Å². The first-order valence-electron chi connectivity index (χ1n) is 6.04. The molecule has 0 aromatic heterocycles. The molecular weight excluding hydrogens is 208 g/mol. The molecule has 4 nitrogen and oxygen atoms in total. The van der Waals surface area contributed by atoms with Crippen molar-refractivity contribution in [1.29, 1.82) is 0 Å². The predicted octanol–water partition coefficient (Wildman–Crippen LogP) is 1.62. The molecule has 0 N–H and O–H groups in total. The highest BCUT2D eigenvalue weighted by atomic mass is 16.6. The van der Waals surface area contributed by atoms with E-state index in [0.717, 1.165) is 26.4 Å². The Bertz CT molecular complexity index is 130. The highest BCUT2D eigenvalue weighted by molar-refractivity contribution is 4.59. The summed E-state index contributed by atoms with van der Waals surface area (Å²) in [5.74, 6) is 0. The minimum Gasteiger partial charge on any atom is -0.373 e. The highest BCUT2D eigenvalue weighted by Crippen LogP contribution is 2.05. The van der Waals surface area contributed by atoms with Gasteiger partial charge in [0.05, 0.1) is 50.8 Å². The molecule has 16 heavy (non-hydrogen) atoms. The average Bonchev–Trinajstić information content (AvgIpc) is 3.05. The van der Waals surface area contributed by atoms with Gasteiger partial charge in [-0.25, -0.2) is 0 Å². The third-order valence-electron chi connectivity index (χ3n) is 2.00. The predicted molar refractivity (Wildman–Crippen MR) is 61.7 cm³/mol. The van der Waals surface area contributed by atoms with Gasteiger partial charge in [-0.15, -0.1) is 0 Å². The van der Waals surface area contributed by atoms with E-state index < -0.39 is 0 Å². The van der Waals surface area contributed by atoms with E-state index in [9.17, 15) is 0 Å². The second-order valence-corrected chi connectivity index (χ2v) is 4.58. The summed E-state index contributed by atoms with van der Waals surface area (Å²) in [6.45, 7) is 12.2. The fourth-order valence-corrected chi connectivity index (χ4v) is 0.385. The first kappa shape index (κ1) is 13.9. The molecule has 0 spiro atoms. The molecule has 4 fully saturated rings. The van der Waals surface area contributed by atoms with Gasteiger partial charge in [0.2, 0.25) is 0 Å². The maximum atomic E-state index is 4.71. The summed E-state index contributed by atoms with van der Waals surface area (Å²) in [5.41, 5.74) is 0. The Kier molecular flexibility index (Phi) is 6.28. The number of hydrogen-bond acceptors (Lipinski definition) is 4. The number of ether oxygens (including phenoxy) is 4. The van der Waals surface area contributed by atoms with Gasteiger partial charge in [0, 0.05) is 0 Å². The lowest BCUT2D eigenvalue weighted by atomic mass is 10.6. The maximum absolute atomic E-state index is 4.71. The SMILES string of the molecule is CC1CO1.CC1CO1.CC1CO1.CC1CO1. The Morgan fingerprint density at radius 2 is 0.562 bits per heavy atom. The van der Waals surface area contributed by atoms with Crippen molar-refractivity contribution in [2.75, 3.05) is 26.4 Å². The van der Waals surface area contributed by atoms with Gasteiger partial charge in [0.25, 0.3) is 0 Å². The van der Waals surface area contributed by atoms with E-state index in [0.29, 0.717) is 24.4 Å². The molecule has 0 radical (unpaired) electrons. The van der Waals surface area contributed by atoms with Crippen LogP contribution in [0.4, 0.5) is 0 Å². The molecule has 4 aliphatic heterocycles. The van der Waals surface area contributed by atoms with Crippen molar-refractivity contribution >= 4 is 0 Å². The normalized spacial score (nSPS) is 39.8. The molecule has 4 heteroatoms. The molecular formula is C12H24O4. The smallest absolute Gasteiger partial charge is 0.0781 e. The lowest BCUT2D eigenvalue weighted by Gasteiger charge is -1.51. The van der Waals surface area contributed by atoms with Gasteiger partial charge in [-0.05, 0) is 27.7 Å². The van der Waals surface area contributed by atoms with Gasteiger partial charge in [-0.3, -0.25) is 0 Å². The summed E-state index contributed by atoms with van der Waals surface area (Å²) < 4.78 is 18.8. The van der Waals surface area contributed by atoms with E-state index in [4.69, 9.17) is 18.9 Å². The maximum Gasteiger partial charge on any atom is 0.0781 e. The largest absolute Gasteiger partial charge is 0.373 e. The average molecular weight is 232 g/mol. The monoisotopic (exact) mass is 232 g/mol. The van der Waals surface area contributed by atoms with Crippen LogP contribution in [0.1, 0.15) is 27.7 Å². The fourth-order valence-electron chi connectivity index (χ4n) is 0.385. The van der Waals surface area contributed by atoms with Gasteiger partial charge in [-0.1, -0.05) is 0 Å². The topological polar surface area (TPSA) is 50.1 Å². The summed E-state index contributed by atoms with van der Waals surface area (Å²) >= 11 is 0. The number of epoxide rings is 4. The van der Waals surface area contributed by atoms with Crippen LogP contribution in [0.5, 0.6) is 0 Å². The molecule has 4 aliphatic rings. The molecule has 4 unspecified atom stereocenters. The third-order valence-corrected chi connectivity index (χ3v) is 2.00. The molecule has 96 valence electrons. The zero-order valence-electron chi connectivity index (χ0n) is 10.8. The summed E-state index contributed by atoms with van der Waals surface area (Å²) in [5, 5.41) is 0. The van der Waals surface area contributed by atoms with Crippen molar-refractivity contribution in [3.05, 3.63) is 0 Å². The van der Waals surface area contributed by atoms with Gasteiger partial charge >= 0.3 is 0 Å². The van der Waals surface area contributed by atoms with Crippen molar-refractivity contribution in [3.63, 3.8) is 0 Å². The summed E-state index contributed by atoms with van der Waals surface area (Å²) in [4.78, 5) is 0. The van der Waals surface area contributed by atoms with Gasteiger partial charge in [0.15, 0.2) is 0 Å². The quantitative estimate of drug-likeness (QED) is 0.595. The Hall–Kier alpha value is -0.160. The van der Waals surface area contributed by atoms with Crippen molar-refractivity contribution < 1.29 is 18.9 Å². The second-order valence-electron chi connectivity index (χ2n) is 4.58. The van der Waals surface area contributed by atoms with E-state index in [2.05, 4.69) is 27.7 Å². The molecule has 0 aromatic rings. The number of hydrogen-bond donors (Lipinski definition) is 0. The molecule has 4 saturated heterocycles. The van der Waals surface area contributed by atoms with Crippen molar-refractivity contribution in [3.8, 4) is 0 Å². The van der Waals surface area contributed by atoms with E-state index in [1.54, 1.807) is 0 Å². The summed E-state index contributed by atoms with van der Waals surface area (Å²) in [6.07, 6.45) is 2.33. The Morgan fingerprint density at radius 1 is 0.500 bits per heavy atom. The number of rotatable bonds is 0. The molecule has 4 atom stereocenters. The Balaban J connectivity index is 0.000000107. The second kappa shape index (κ2) is 7.22. The van der Waals surface area contributed by atoms with Crippen LogP contribution in [0.3, 0.4) is 0 Å². The fraction of sp³-hybridized carbons (Fsp3) is 1.00. The standard InChI is InChI=1S/4C3H6O/c4*1-3-2-4-3/h4*3H,2H2,1H3. The molecule has 0 aromatic carbocycles. The summed E-state index contributed by atoms with van der Waals surface area (Å²) in [7, 11) is 0. The molecule has 0 aliphatic carbocycles. The van der Waals surface area contributed by atoms with E-state index in [1.807, 2.05) is 0 Å². The zero-order valence-corrected chi connectivity index (χ0v) is 10.8. The molecule has 4 heterocycles. The lowest BCUT2D eigenvalue weighted by Crippen LogP contribution is -1.60. The highest BCUT2D eigenvalue weighted by Gasteiger charge is 2.14. The van der Waals surface area contributed by atoms with Crippen LogP contribution < -0.4 is 0 Å². The van der Waals surface area contributed by atoms with Crippen LogP contribution >= 0.6 is 0 Å². The third kappa shape index (κ3) is 16.3. The molecule has 0 amide bonds. The van der Waals surface area contributed by atoms with Gasteiger partial charge < -0.3 is 18.9 Å². The van der Waals surface area contributed by atoms with Crippen LogP contribution in [0.15, 0.2) is 0 Å². The summed E-state index contributed by atoms with van der Waals surface area (Å²) in [6, 6.07) is 0. The lowest BCUT2D eigenvalue weighted by molar-refractivity contribution is 0.423. The van der Waals surface area contributed by atoms with Gasteiger partial charge in [-0.2, -0.15) is 0 Å². The van der Waals surface area contributed by atoms with Crippen LogP contribution in [0, 0.1) is 0 Å². The molecule has 4 rings (SSSR count). The minimum absolute atomic E-state index is 0.583. The van der Waals surface area contributed by atoms with Crippen LogP contribution in [0.2, 0.25) is 0 Å². The van der Waals surface area contributed by atoms with Crippen LogP contribution in [-0.4, -0.2) is 50.8 Å². The van der Waals surface area contributed by atoms with Crippen LogP contribution in [-0.2, 0) is 18.9 Å². The van der Waals surface area contributed by atoms with Crippen molar-refractivity contribution in [1.82, 2.24) is 0 Å². The van der Waals surface area contributed by atoms with Crippen molar-refractivity contribution in [2.24, 2.45) is 0 Å².